The molecular weight excluding hydrogens is 328 g/mol. The highest BCUT2D eigenvalue weighted by atomic mass is 16.2. The van der Waals surface area contributed by atoms with E-state index in [0.29, 0.717) is 25.3 Å². The molecule has 3 rings (SSSR count). The molecule has 1 aromatic heterocycles. The molecule has 0 aliphatic heterocycles. The summed E-state index contributed by atoms with van der Waals surface area (Å²) in [5.74, 6) is 0.0402. The van der Waals surface area contributed by atoms with Crippen molar-refractivity contribution in [1.29, 1.82) is 0 Å². The van der Waals surface area contributed by atoms with Crippen LogP contribution in [0.5, 0.6) is 0 Å². The van der Waals surface area contributed by atoms with Crippen LogP contribution in [0.2, 0.25) is 0 Å². The summed E-state index contributed by atoms with van der Waals surface area (Å²) in [6.07, 6.45) is 3.66. The number of carbonyl (C=O) groups excluding carboxylic acids is 2. The van der Waals surface area contributed by atoms with E-state index in [-0.39, 0.29) is 11.8 Å². The zero-order chi connectivity index (χ0) is 18.7. The van der Waals surface area contributed by atoms with E-state index in [9.17, 15) is 9.59 Å². The molecule has 6 nitrogen and oxygen atoms in total. The average Bonchev–Trinajstić information content (AvgIpc) is 3.36. The lowest BCUT2D eigenvalue weighted by molar-refractivity contribution is -0.120. The Morgan fingerprint density at radius 1 is 1.15 bits per heavy atom. The minimum absolute atomic E-state index is 0.0214. The van der Waals surface area contributed by atoms with Crippen LogP contribution in [-0.4, -0.2) is 27.6 Å². The quantitative estimate of drug-likeness (QED) is 0.802. The highest BCUT2D eigenvalue weighted by molar-refractivity contribution is 5.91. The first-order chi connectivity index (χ1) is 12.4. The van der Waals surface area contributed by atoms with Gasteiger partial charge in [0.05, 0.1) is 12.1 Å². The Bertz CT molecular complexity index is 804. The standard InChI is InChI=1S/C20H26N4O2/c1-13-18(14(2)24(3)23-13)10-11-19(25)21-16-6-4-15(5-7-16)12-20(26)22-17-8-9-17/h4-7,17H,8-12H2,1-3H3,(H,21,25)(H,22,26). The number of nitrogens with one attached hydrogen (secondary N) is 2. The van der Waals surface area contributed by atoms with E-state index in [1.165, 1.54) is 0 Å². The van der Waals surface area contributed by atoms with Gasteiger partial charge in [-0.3, -0.25) is 14.3 Å². The van der Waals surface area contributed by atoms with Gasteiger partial charge in [0.15, 0.2) is 0 Å². The topological polar surface area (TPSA) is 76.0 Å². The fourth-order valence-electron chi connectivity index (χ4n) is 3.04. The van der Waals surface area contributed by atoms with Gasteiger partial charge in [0, 0.05) is 30.9 Å². The first-order valence-electron chi connectivity index (χ1n) is 9.09. The van der Waals surface area contributed by atoms with E-state index in [2.05, 4.69) is 15.7 Å². The molecule has 0 bridgehead atoms. The SMILES string of the molecule is Cc1nn(C)c(C)c1CCC(=O)Nc1ccc(CC(=O)NC2CC2)cc1. The Hall–Kier alpha value is -2.63. The number of hydrogen-bond acceptors (Lipinski definition) is 3. The molecule has 0 saturated heterocycles. The molecule has 1 aromatic carbocycles. The fraction of sp³-hybridized carbons (Fsp3) is 0.450. The summed E-state index contributed by atoms with van der Waals surface area (Å²) in [6.45, 7) is 3.99. The Labute approximate surface area is 154 Å². The van der Waals surface area contributed by atoms with Crippen molar-refractivity contribution in [2.24, 2.45) is 7.05 Å². The highest BCUT2D eigenvalue weighted by Gasteiger charge is 2.23. The predicted molar refractivity (Wildman–Crippen MR) is 101 cm³/mol. The van der Waals surface area contributed by atoms with Crippen molar-refractivity contribution < 1.29 is 9.59 Å². The molecule has 1 heterocycles. The molecule has 1 fully saturated rings. The largest absolute Gasteiger partial charge is 0.353 e. The third-order valence-electron chi connectivity index (χ3n) is 4.81. The van der Waals surface area contributed by atoms with Crippen LogP contribution in [0.4, 0.5) is 5.69 Å². The molecule has 1 aliphatic carbocycles. The summed E-state index contributed by atoms with van der Waals surface area (Å²) in [5.41, 5.74) is 4.92. The molecule has 2 amide bonds. The maximum Gasteiger partial charge on any atom is 0.224 e. The van der Waals surface area contributed by atoms with Crippen molar-refractivity contribution in [2.75, 3.05) is 5.32 Å². The molecule has 0 radical (unpaired) electrons. The van der Waals surface area contributed by atoms with Crippen molar-refractivity contribution in [3.63, 3.8) is 0 Å². The monoisotopic (exact) mass is 354 g/mol. The van der Waals surface area contributed by atoms with E-state index in [4.69, 9.17) is 0 Å². The molecule has 138 valence electrons. The number of hydrogen-bond donors (Lipinski definition) is 2. The number of amides is 2. The summed E-state index contributed by atoms with van der Waals surface area (Å²) in [4.78, 5) is 24.0. The van der Waals surface area contributed by atoms with Crippen molar-refractivity contribution in [3.8, 4) is 0 Å². The van der Waals surface area contributed by atoms with Crippen LogP contribution in [0.3, 0.4) is 0 Å². The van der Waals surface area contributed by atoms with Gasteiger partial charge >= 0.3 is 0 Å². The molecule has 1 saturated carbocycles. The highest BCUT2D eigenvalue weighted by Crippen LogP contribution is 2.19. The van der Waals surface area contributed by atoms with Gasteiger partial charge in [-0.15, -0.1) is 0 Å². The summed E-state index contributed by atoms with van der Waals surface area (Å²) >= 11 is 0. The minimum Gasteiger partial charge on any atom is -0.353 e. The van der Waals surface area contributed by atoms with Crippen LogP contribution in [0.25, 0.3) is 0 Å². The van der Waals surface area contributed by atoms with Crippen LogP contribution in [0, 0.1) is 13.8 Å². The first-order valence-corrected chi connectivity index (χ1v) is 9.09. The number of benzene rings is 1. The average molecular weight is 354 g/mol. The fourth-order valence-corrected chi connectivity index (χ4v) is 3.04. The van der Waals surface area contributed by atoms with Crippen molar-refractivity contribution in [1.82, 2.24) is 15.1 Å². The second-order valence-electron chi connectivity index (χ2n) is 7.04. The molecule has 1 aliphatic rings. The number of carbonyl (C=O) groups is 2. The molecule has 0 spiro atoms. The van der Waals surface area contributed by atoms with Crippen molar-refractivity contribution in [3.05, 3.63) is 46.8 Å². The number of rotatable bonds is 7. The molecule has 2 aromatic rings. The molecule has 0 atom stereocenters. The van der Waals surface area contributed by atoms with Gasteiger partial charge in [0.25, 0.3) is 0 Å². The first kappa shape index (κ1) is 18.2. The second kappa shape index (κ2) is 7.72. The van der Waals surface area contributed by atoms with Crippen LogP contribution in [0.1, 0.15) is 41.8 Å². The summed E-state index contributed by atoms with van der Waals surface area (Å²) in [6, 6.07) is 7.85. The van der Waals surface area contributed by atoms with E-state index in [1.807, 2.05) is 49.8 Å². The molecule has 6 heteroatoms. The van der Waals surface area contributed by atoms with Crippen LogP contribution < -0.4 is 10.6 Å². The summed E-state index contributed by atoms with van der Waals surface area (Å²) in [7, 11) is 1.92. The van der Waals surface area contributed by atoms with Gasteiger partial charge in [0.2, 0.25) is 11.8 Å². The molecule has 2 N–H and O–H groups in total. The van der Waals surface area contributed by atoms with E-state index in [1.54, 1.807) is 0 Å². The number of aromatic nitrogens is 2. The Balaban J connectivity index is 1.48. The number of anilines is 1. The normalized spacial score (nSPS) is 13.5. The molecule has 0 unspecified atom stereocenters. The van der Waals surface area contributed by atoms with Crippen LogP contribution >= 0.6 is 0 Å². The number of aryl methyl sites for hydroxylation is 2. The predicted octanol–water partition coefficient (Wildman–Crippen LogP) is 2.43. The van der Waals surface area contributed by atoms with E-state index >= 15 is 0 Å². The minimum atomic E-state index is -0.0214. The molecule has 26 heavy (non-hydrogen) atoms. The third-order valence-corrected chi connectivity index (χ3v) is 4.81. The van der Waals surface area contributed by atoms with Gasteiger partial charge in [0.1, 0.15) is 0 Å². The van der Waals surface area contributed by atoms with Gasteiger partial charge in [-0.25, -0.2) is 0 Å². The Morgan fingerprint density at radius 2 is 1.85 bits per heavy atom. The van der Waals surface area contributed by atoms with Gasteiger partial charge in [-0.2, -0.15) is 5.10 Å². The smallest absolute Gasteiger partial charge is 0.224 e. The summed E-state index contributed by atoms with van der Waals surface area (Å²) in [5, 5.41) is 10.3. The second-order valence-corrected chi connectivity index (χ2v) is 7.04. The zero-order valence-corrected chi connectivity index (χ0v) is 15.6. The number of nitrogens with zero attached hydrogens (tertiary/aromatic N) is 2. The van der Waals surface area contributed by atoms with Gasteiger partial charge < -0.3 is 10.6 Å². The van der Waals surface area contributed by atoms with Gasteiger partial charge in [-0.1, -0.05) is 12.1 Å². The lowest BCUT2D eigenvalue weighted by atomic mass is 10.1. The Kier molecular flexibility index (Phi) is 5.40. The maximum atomic E-state index is 12.2. The summed E-state index contributed by atoms with van der Waals surface area (Å²) < 4.78 is 1.85. The van der Waals surface area contributed by atoms with E-state index < -0.39 is 0 Å². The van der Waals surface area contributed by atoms with E-state index in [0.717, 1.165) is 41.0 Å². The molecular formula is C20H26N4O2. The lowest BCUT2D eigenvalue weighted by Crippen LogP contribution is -2.26. The maximum absolute atomic E-state index is 12.2. The van der Waals surface area contributed by atoms with Crippen molar-refractivity contribution in [2.45, 2.75) is 52.0 Å². The van der Waals surface area contributed by atoms with Gasteiger partial charge in [-0.05, 0) is 56.4 Å². The van der Waals surface area contributed by atoms with Crippen molar-refractivity contribution >= 4 is 17.5 Å². The van der Waals surface area contributed by atoms with Crippen LogP contribution in [-0.2, 0) is 29.5 Å². The lowest BCUT2D eigenvalue weighted by Gasteiger charge is -2.07. The zero-order valence-electron chi connectivity index (χ0n) is 15.6. The van der Waals surface area contributed by atoms with Crippen LogP contribution in [0.15, 0.2) is 24.3 Å². The Morgan fingerprint density at radius 3 is 2.42 bits per heavy atom. The third kappa shape index (κ3) is 4.71.